The molecule has 15 heteroatoms. The lowest BCUT2D eigenvalue weighted by molar-refractivity contribution is 0.668. The summed E-state index contributed by atoms with van der Waals surface area (Å²) >= 11 is 0. The zero-order valence-corrected chi connectivity index (χ0v) is 77.3. The standard InChI is InChI=1S/2C45H28N4O.C39H24N4O/c1-2-11-29(12-3-1)31-13-10-14-32(27-31)44-46-43(47-45(48-44)33-23-26-38-37-17-6-9-20-41(37)50-42(38)28-33)30-21-24-34(25-22-30)49-39-18-7-4-15-35(39)36-16-5-8-19-40(36)49;1-2-10-29(11-3-1)30-18-20-31(21-19-30)43-46-44(48-45(47-43)33-24-27-38-37-14-6-9-17-41(37)50-42(38)28-33)32-22-25-34(26-23-32)49-39-15-7-4-12-35(39)36-13-5-8-16-40(36)49;1-2-10-25(11-3-1)37-40-38(42-39(41-37)27-20-23-32-31-14-6-9-17-35(31)44-36(32)24-27)26-18-21-28(22-19-26)43-33-15-7-4-12-29(33)30-13-5-8-16-34(30)43/h2*1-28H;1-24H. The van der Waals surface area contributed by atoms with E-state index < -0.39 is 0 Å². The molecule has 29 rings (SSSR count). The average molecular weight is 1850 g/mol. The van der Waals surface area contributed by atoms with Gasteiger partial charge >= 0.3 is 0 Å². The molecule has 0 bridgehead atoms. The van der Waals surface area contributed by atoms with Crippen LogP contribution in [0.1, 0.15) is 0 Å². The Morgan fingerprint density at radius 3 is 0.590 bits per heavy atom. The van der Waals surface area contributed by atoms with Gasteiger partial charge in [-0.15, -0.1) is 0 Å². The summed E-state index contributed by atoms with van der Waals surface area (Å²) in [7, 11) is 0. The first-order valence-corrected chi connectivity index (χ1v) is 48.0. The Morgan fingerprint density at radius 1 is 0.118 bits per heavy atom. The molecule has 0 radical (unpaired) electrons. The number of nitrogens with zero attached hydrogens (tertiary/aromatic N) is 12. The molecule has 0 fully saturated rings. The molecule has 0 amide bonds. The fourth-order valence-electron chi connectivity index (χ4n) is 20.3. The molecule has 0 N–H and O–H groups in total. The van der Waals surface area contributed by atoms with Gasteiger partial charge in [0.25, 0.3) is 0 Å². The minimum absolute atomic E-state index is 0.587. The highest BCUT2D eigenvalue weighted by Gasteiger charge is 2.24. The van der Waals surface area contributed by atoms with Crippen molar-refractivity contribution in [3.63, 3.8) is 0 Å². The quantitative estimate of drug-likeness (QED) is 0.101. The summed E-state index contributed by atoms with van der Waals surface area (Å²) in [4.78, 5) is 45.1. The zero-order valence-electron chi connectivity index (χ0n) is 77.3. The highest BCUT2D eigenvalue weighted by molar-refractivity contribution is 6.13. The second-order valence-electron chi connectivity index (χ2n) is 35.9. The summed E-state index contributed by atoms with van der Waals surface area (Å²) in [5.74, 6) is 5.45. The van der Waals surface area contributed by atoms with Gasteiger partial charge in [-0.3, -0.25) is 0 Å². The Bertz CT molecular complexity index is 9870. The summed E-state index contributed by atoms with van der Waals surface area (Å²) < 4.78 is 25.6. The van der Waals surface area contributed by atoms with Crippen LogP contribution in [0.2, 0.25) is 0 Å². The molecule has 20 aromatic carbocycles. The summed E-state index contributed by atoms with van der Waals surface area (Å²) in [5.41, 5.74) is 27.9. The van der Waals surface area contributed by atoms with E-state index in [2.05, 4.69) is 384 Å². The Labute approximate surface area is 824 Å². The van der Waals surface area contributed by atoms with Gasteiger partial charge in [0.05, 0.1) is 33.1 Å². The maximum atomic E-state index is 6.25. The van der Waals surface area contributed by atoms with E-state index in [0.29, 0.717) is 52.4 Å². The Kier molecular flexibility index (Phi) is 20.5. The van der Waals surface area contributed by atoms with E-state index in [1.807, 2.05) is 115 Å². The topological polar surface area (TPSA) is 170 Å². The Hall–Kier alpha value is -19.8. The number of para-hydroxylation sites is 9. The first-order chi connectivity index (χ1) is 71.3. The van der Waals surface area contributed by atoms with Crippen LogP contribution >= 0.6 is 0 Å². The molecule has 9 heterocycles. The van der Waals surface area contributed by atoms with Crippen molar-refractivity contribution >= 4 is 131 Å². The van der Waals surface area contributed by atoms with Gasteiger partial charge in [-0.25, -0.2) is 44.9 Å². The normalized spacial score (nSPS) is 11.6. The summed E-state index contributed by atoms with van der Waals surface area (Å²) in [6.45, 7) is 0. The molecule has 0 spiro atoms. The lowest BCUT2D eigenvalue weighted by atomic mass is 10.0. The number of benzene rings is 20. The molecule has 0 atom stereocenters. The van der Waals surface area contributed by atoms with Crippen LogP contribution in [-0.4, -0.2) is 58.6 Å². The summed E-state index contributed by atoms with van der Waals surface area (Å²) in [5, 5.41) is 13.9. The van der Waals surface area contributed by atoms with Gasteiger partial charge in [-0.2, -0.15) is 0 Å². The monoisotopic (exact) mass is 1840 g/mol. The molecule has 0 aliphatic heterocycles. The van der Waals surface area contributed by atoms with Gasteiger partial charge in [-0.1, -0.05) is 315 Å². The average Bonchev–Trinajstić information content (AvgIpc) is 1.59. The predicted octanol–water partition coefficient (Wildman–Crippen LogP) is 32.9. The molecule has 0 unspecified atom stereocenters. The largest absolute Gasteiger partial charge is 0.456 e. The number of fused-ring (bicyclic) bond motifs is 18. The van der Waals surface area contributed by atoms with Gasteiger partial charge in [0.1, 0.15) is 33.5 Å². The van der Waals surface area contributed by atoms with Gasteiger partial charge in [0.2, 0.25) is 0 Å². The molecular weight excluding hydrogens is 1770 g/mol. The minimum atomic E-state index is 0.587. The molecule has 0 saturated heterocycles. The van der Waals surface area contributed by atoms with E-state index in [1.54, 1.807) is 0 Å². The van der Waals surface area contributed by atoms with Gasteiger partial charge in [0, 0.05) is 132 Å². The molecule has 674 valence electrons. The highest BCUT2D eigenvalue weighted by atomic mass is 16.3. The summed E-state index contributed by atoms with van der Waals surface area (Å²) in [6, 6.07) is 167. The highest BCUT2D eigenvalue weighted by Crippen LogP contribution is 2.43. The fraction of sp³-hybridized carbons (Fsp3) is 0. The first kappa shape index (κ1) is 83.6. The third kappa shape index (κ3) is 15.2. The van der Waals surface area contributed by atoms with Gasteiger partial charge in [0.15, 0.2) is 52.4 Å². The lowest BCUT2D eigenvalue weighted by Gasteiger charge is -2.11. The first-order valence-electron chi connectivity index (χ1n) is 48.0. The second kappa shape index (κ2) is 35.3. The number of hydrogen-bond acceptors (Lipinski definition) is 12. The van der Waals surface area contributed by atoms with E-state index in [-0.39, 0.29) is 0 Å². The van der Waals surface area contributed by atoms with Gasteiger partial charge in [-0.05, 0) is 192 Å². The number of hydrogen-bond donors (Lipinski definition) is 0. The van der Waals surface area contributed by atoms with Crippen molar-refractivity contribution in [2.45, 2.75) is 0 Å². The molecule has 0 aliphatic carbocycles. The van der Waals surface area contributed by atoms with Crippen LogP contribution < -0.4 is 0 Å². The summed E-state index contributed by atoms with van der Waals surface area (Å²) in [6.07, 6.45) is 0. The van der Waals surface area contributed by atoms with E-state index in [1.165, 1.54) is 71.0 Å². The SMILES string of the molecule is c1ccc(-c2ccc(-c3nc(-c4ccc(-n5c6ccccc6c6ccccc65)cc4)nc(-c4ccc5c(c4)oc4ccccc45)n3)cc2)cc1.c1ccc(-c2cccc(-c3nc(-c4ccc(-n5c6ccccc6c6ccccc65)cc4)nc(-c4ccc5c(c4)oc4ccccc45)n3)c2)cc1.c1ccc(-c2nc(-c3ccc(-n4c5ccccc5c5ccccc54)cc3)nc(-c3ccc4c(c3)oc3ccccc34)n2)cc1. The molecule has 15 nitrogen and oxygen atoms in total. The molecule has 29 aromatic rings. The molecule has 0 saturated carbocycles. The van der Waals surface area contributed by atoms with E-state index in [4.69, 9.17) is 58.1 Å². The maximum absolute atomic E-state index is 6.25. The van der Waals surface area contributed by atoms with Crippen LogP contribution in [0.4, 0.5) is 0 Å². The maximum Gasteiger partial charge on any atom is 0.164 e. The Morgan fingerprint density at radius 2 is 0.299 bits per heavy atom. The van der Waals surface area contributed by atoms with Crippen LogP contribution in [0.15, 0.2) is 499 Å². The minimum Gasteiger partial charge on any atom is -0.456 e. The van der Waals surface area contributed by atoms with Crippen molar-refractivity contribution < 1.29 is 13.3 Å². The third-order valence-electron chi connectivity index (χ3n) is 27.2. The van der Waals surface area contributed by atoms with E-state index in [9.17, 15) is 0 Å². The van der Waals surface area contributed by atoms with Crippen LogP contribution in [0.5, 0.6) is 0 Å². The lowest BCUT2D eigenvalue weighted by Crippen LogP contribution is -2.01. The fourth-order valence-corrected chi connectivity index (χ4v) is 20.3. The van der Waals surface area contributed by atoms with Crippen molar-refractivity contribution in [2.24, 2.45) is 0 Å². The number of aromatic nitrogens is 12. The van der Waals surface area contributed by atoms with Crippen molar-refractivity contribution in [3.05, 3.63) is 485 Å². The zero-order chi connectivity index (χ0) is 95.1. The van der Waals surface area contributed by atoms with Crippen LogP contribution in [-0.2, 0) is 0 Å². The predicted molar refractivity (Wildman–Crippen MR) is 584 cm³/mol. The van der Waals surface area contributed by atoms with Gasteiger partial charge < -0.3 is 27.0 Å². The Balaban J connectivity index is 0.000000108. The number of rotatable bonds is 14. The van der Waals surface area contributed by atoms with Crippen molar-refractivity contribution in [3.8, 4) is 142 Å². The smallest absolute Gasteiger partial charge is 0.164 e. The van der Waals surface area contributed by atoms with Crippen molar-refractivity contribution in [1.29, 1.82) is 0 Å². The van der Waals surface area contributed by atoms with E-state index in [0.717, 1.165) is 150 Å². The number of furan rings is 3. The molecule has 0 aliphatic rings. The van der Waals surface area contributed by atoms with E-state index >= 15 is 0 Å². The van der Waals surface area contributed by atoms with Crippen LogP contribution in [0, 0.1) is 0 Å². The molecule has 9 aromatic heterocycles. The van der Waals surface area contributed by atoms with Crippen LogP contribution in [0.3, 0.4) is 0 Å². The van der Waals surface area contributed by atoms with Crippen LogP contribution in [0.25, 0.3) is 273 Å². The molecular formula is C129H80N12O3. The van der Waals surface area contributed by atoms with Crippen molar-refractivity contribution in [2.75, 3.05) is 0 Å². The third-order valence-corrected chi connectivity index (χ3v) is 27.2. The molecule has 144 heavy (non-hydrogen) atoms. The van der Waals surface area contributed by atoms with Crippen molar-refractivity contribution in [1.82, 2.24) is 58.6 Å². The second-order valence-corrected chi connectivity index (χ2v) is 35.9.